The van der Waals surface area contributed by atoms with E-state index in [1.54, 1.807) is 0 Å². The monoisotopic (exact) mass is 243 g/mol. The Morgan fingerprint density at radius 1 is 1.25 bits per heavy atom. The number of thioether (sulfide) groups is 1. The van der Waals surface area contributed by atoms with Gasteiger partial charge in [0.1, 0.15) is 0 Å². The van der Waals surface area contributed by atoms with Gasteiger partial charge in [-0.25, -0.2) is 0 Å². The molecule has 0 aromatic rings. The second-order valence-electron chi connectivity index (χ2n) is 5.42. The van der Waals surface area contributed by atoms with Crippen LogP contribution in [0.1, 0.15) is 46.0 Å². The summed E-state index contributed by atoms with van der Waals surface area (Å²) in [6.45, 7) is 7.14. The van der Waals surface area contributed by atoms with E-state index in [0.29, 0.717) is 0 Å². The van der Waals surface area contributed by atoms with Gasteiger partial charge in [-0.2, -0.15) is 11.8 Å². The molecule has 96 valence electrons. The smallest absolute Gasteiger partial charge is 0.00179 e. The lowest BCUT2D eigenvalue weighted by molar-refractivity contribution is 0.181. The Balaban J connectivity index is 2.31. The predicted molar refractivity (Wildman–Crippen MR) is 76.2 cm³/mol. The second kappa shape index (κ2) is 8.41. The molecule has 3 atom stereocenters. The summed E-state index contributed by atoms with van der Waals surface area (Å²) in [5.74, 6) is 4.26. The van der Waals surface area contributed by atoms with Crippen LogP contribution >= 0.6 is 11.8 Å². The molecule has 2 heteroatoms. The molecule has 0 spiro atoms. The van der Waals surface area contributed by atoms with Gasteiger partial charge < -0.3 is 5.32 Å². The highest BCUT2D eigenvalue weighted by molar-refractivity contribution is 7.98. The fourth-order valence-corrected chi connectivity index (χ4v) is 3.46. The Hall–Kier alpha value is 0.310. The minimum atomic E-state index is 0.954. The topological polar surface area (TPSA) is 12.0 Å². The molecule has 0 amide bonds. The fraction of sp³-hybridized carbons (Fsp3) is 1.00. The molecule has 1 nitrogen and oxygen atoms in total. The van der Waals surface area contributed by atoms with E-state index in [1.807, 2.05) is 11.8 Å². The van der Waals surface area contributed by atoms with Crippen molar-refractivity contribution in [3.8, 4) is 0 Å². The van der Waals surface area contributed by atoms with Crippen molar-refractivity contribution in [1.82, 2.24) is 5.32 Å². The van der Waals surface area contributed by atoms with Crippen molar-refractivity contribution in [2.24, 2.45) is 17.8 Å². The predicted octanol–water partition coefficient (Wildman–Crippen LogP) is 3.79. The van der Waals surface area contributed by atoms with Crippen molar-refractivity contribution >= 4 is 11.8 Å². The molecule has 1 aliphatic carbocycles. The van der Waals surface area contributed by atoms with E-state index in [2.05, 4.69) is 25.4 Å². The van der Waals surface area contributed by atoms with Crippen LogP contribution in [-0.4, -0.2) is 25.1 Å². The Morgan fingerprint density at radius 2 is 2.06 bits per heavy atom. The molecule has 1 aliphatic rings. The minimum Gasteiger partial charge on any atom is -0.316 e. The van der Waals surface area contributed by atoms with E-state index in [9.17, 15) is 0 Å². The van der Waals surface area contributed by atoms with E-state index < -0.39 is 0 Å². The Kier molecular flexibility index (Phi) is 7.55. The molecule has 0 aromatic carbocycles. The number of hydrogen-bond acceptors (Lipinski definition) is 2. The molecule has 1 saturated carbocycles. The van der Waals surface area contributed by atoms with Gasteiger partial charge in [0.2, 0.25) is 0 Å². The highest BCUT2D eigenvalue weighted by Gasteiger charge is 2.27. The summed E-state index contributed by atoms with van der Waals surface area (Å²) in [6, 6.07) is 0. The van der Waals surface area contributed by atoms with E-state index >= 15 is 0 Å². The van der Waals surface area contributed by atoms with Crippen LogP contribution in [0.4, 0.5) is 0 Å². The van der Waals surface area contributed by atoms with Gasteiger partial charge in [-0.05, 0) is 68.5 Å². The zero-order chi connectivity index (χ0) is 11.8. The minimum absolute atomic E-state index is 0.954. The van der Waals surface area contributed by atoms with Crippen molar-refractivity contribution in [2.75, 3.05) is 25.1 Å². The molecule has 0 aliphatic heterocycles. The average molecular weight is 243 g/mol. The first-order chi connectivity index (χ1) is 7.77. The van der Waals surface area contributed by atoms with Crippen LogP contribution in [-0.2, 0) is 0 Å². The molecule has 0 saturated heterocycles. The summed E-state index contributed by atoms with van der Waals surface area (Å²) in [5, 5.41) is 3.62. The maximum Gasteiger partial charge on any atom is -0.00179 e. The second-order valence-corrected chi connectivity index (χ2v) is 6.41. The quantitative estimate of drug-likeness (QED) is 0.683. The van der Waals surface area contributed by atoms with Crippen molar-refractivity contribution < 1.29 is 0 Å². The highest BCUT2D eigenvalue weighted by Crippen LogP contribution is 2.35. The van der Waals surface area contributed by atoms with Crippen molar-refractivity contribution in [1.29, 1.82) is 0 Å². The van der Waals surface area contributed by atoms with Crippen molar-refractivity contribution in [3.05, 3.63) is 0 Å². The third kappa shape index (κ3) is 5.09. The van der Waals surface area contributed by atoms with Gasteiger partial charge in [0, 0.05) is 0 Å². The van der Waals surface area contributed by atoms with Gasteiger partial charge in [-0.15, -0.1) is 0 Å². The maximum atomic E-state index is 3.62. The van der Waals surface area contributed by atoms with Gasteiger partial charge in [0.15, 0.2) is 0 Å². The van der Waals surface area contributed by atoms with Crippen LogP contribution in [0.15, 0.2) is 0 Å². The Labute approximate surface area is 106 Å². The lowest BCUT2D eigenvalue weighted by Gasteiger charge is -2.35. The van der Waals surface area contributed by atoms with Crippen LogP contribution in [0.25, 0.3) is 0 Å². The normalized spacial score (nSPS) is 30.6. The Morgan fingerprint density at radius 3 is 2.75 bits per heavy atom. The molecule has 16 heavy (non-hydrogen) atoms. The summed E-state index contributed by atoms with van der Waals surface area (Å²) in [6.07, 6.45) is 9.31. The number of rotatable bonds is 7. The molecular formula is C14H29NS. The summed E-state index contributed by atoms with van der Waals surface area (Å²) >= 11 is 2.01. The first-order valence-corrected chi connectivity index (χ1v) is 8.37. The summed E-state index contributed by atoms with van der Waals surface area (Å²) in [5.41, 5.74) is 0. The molecule has 3 unspecified atom stereocenters. The molecule has 0 bridgehead atoms. The van der Waals surface area contributed by atoms with E-state index in [1.165, 1.54) is 50.9 Å². The molecule has 0 aromatic heterocycles. The first kappa shape index (κ1) is 14.4. The van der Waals surface area contributed by atoms with Gasteiger partial charge in [0.05, 0.1) is 0 Å². The summed E-state index contributed by atoms with van der Waals surface area (Å²) in [7, 11) is 0. The van der Waals surface area contributed by atoms with Crippen LogP contribution in [0.2, 0.25) is 0 Å². The highest BCUT2D eigenvalue weighted by atomic mass is 32.2. The van der Waals surface area contributed by atoms with Crippen molar-refractivity contribution in [3.63, 3.8) is 0 Å². The van der Waals surface area contributed by atoms with E-state index in [-0.39, 0.29) is 0 Å². The summed E-state index contributed by atoms with van der Waals surface area (Å²) in [4.78, 5) is 0. The summed E-state index contributed by atoms with van der Waals surface area (Å²) < 4.78 is 0. The molecule has 0 heterocycles. The third-order valence-corrected chi connectivity index (χ3v) is 4.57. The number of hydrogen-bond donors (Lipinski definition) is 1. The molecular weight excluding hydrogens is 214 g/mol. The maximum absolute atomic E-state index is 3.62. The zero-order valence-electron chi connectivity index (χ0n) is 11.3. The van der Waals surface area contributed by atoms with Crippen LogP contribution in [0, 0.1) is 17.8 Å². The molecule has 1 fully saturated rings. The lowest BCUT2D eigenvalue weighted by atomic mass is 9.73. The van der Waals surface area contributed by atoms with Crippen LogP contribution < -0.4 is 5.32 Å². The first-order valence-electron chi connectivity index (χ1n) is 6.97. The van der Waals surface area contributed by atoms with Crippen molar-refractivity contribution in [2.45, 2.75) is 46.0 Å². The van der Waals surface area contributed by atoms with Crippen LogP contribution in [0.5, 0.6) is 0 Å². The molecule has 1 rings (SSSR count). The van der Waals surface area contributed by atoms with Crippen LogP contribution in [0.3, 0.4) is 0 Å². The Bertz CT molecular complexity index is 172. The lowest BCUT2D eigenvalue weighted by Crippen LogP contribution is -2.33. The van der Waals surface area contributed by atoms with E-state index in [0.717, 1.165) is 17.8 Å². The molecule has 0 radical (unpaired) electrons. The average Bonchev–Trinajstić information content (AvgIpc) is 2.29. The fourth-order valence-electron chi connectivity index (χ4n) is 2.92. The largest absolute Gasteiger partial charge is 0.316 e. The van der Waals surface area contributed by atoms with Gasteiger partial charge >= 0.3 is 0 Å². The third-order valence-electron chi connectivity index (χ3n) is 3.93. The van der Waals surface area contributed by atoms with E-state index in [4.69, 9.17) is 0 Å². The van der Waals surface area contributed by atoms with Gasteiger partial charge in [0.25, 0.3) is 0 Å². The number of nitrogens with one attached hydrogen (secondary N) is 1. The standard InChI is InChI=1S/C14H29NS/c1-4-8-15-11-14-6-5-12(2)10-13(14)7-9-16-3/h12-15H,4-11H2,1-3H3. The zero-order valence-corrected chi connectivity index (χ0v) is 12.1. The van der Waals surface area contributed by atoms with Gasteiger partial charge in [-0.1, -0.05) is 20.3 Å². The van der Waals surface area contributed by atoms with Gasteiger partial charge in [-0.3, -0.25) is 0 Å². The molecule has 1 N–H and O–H groups in total. The SMILES string of the molecule is CCCNCC1CCC(C)CC1CCSC.